The van der Waals surface area contributed by atoms with Crippen molar-refractivity contribution in [3.05, 3.63) is 21.9 Å². The van der Waals surface area contributed by atoms with Crippen LogP contribution >= 0.6 is 0 Å². The van der Waals surface area contributed by atoms with Crippen molar-refractivity contribution in [3.63, 3.8) is 0 Å². The van der Waals surface area contributed by atoms with E-state index in [0.29, 0.717) is 18.8 Å². The van der Waals surface area contributed by atoms with Crippen molar-refractivity contribution in [1.82, 2.24) is 0 Å². The Morgan fingerprint density at radius 2 is 2.00 bits per heavy atom. The predicted octanol–water partition coefficient (Wildman–Crippen LogP) is 1.96. The van der Waals surface area contributed by atoms with E-state index in [1.165, 1.54) is 0 Å². The van der Waals surface area contributed by atoms with Crippen molar-refractivity contribution in [2.75, 3.05) is 13.2 Å². The van der Waals surface area contributed by atoms with Gasteiger partial charge < -0.3 is 9.47 Å². The zero-order chi connectivity index (χ0) is 11.3. The molecule has 0 amide bonds. The summed E-state index contributed by atoms with van der Waals surface area (Å²) in [4.78, 5) is 10.0. The maximum absolute atomic E-state index is 10.5. The van der Waals surface area contributed by atoms with Crippen molar-refractivity contribution in [2.45, 2.75) is 33.0 Å². The lowest BCUT2D eigenvalue weighted by molar-refractivity contribution is -0.405. The second-order valence-corrected chi connectivity index (χ2v) is 3.43. The first-order chi connectivity index (χ1) is 7.19. The molecule has 1 fully saturated rings. The number of nitrogens with zero attached hydrogens (tertiary/aromatic N) is 1. The lowest BCUT2D eigenvalue weighted by Gasteiger charge is -2.18. The summed E-state index contributed by atoms with van der Waals surface area (Å²) in [7, 11) is 0. The molecule has 0 aliphatic heterocycles. The van der Waals surface area contributed by atoms with Gasteiger partial charge in [0.25, 0.3) is 0 Å². The highest BCUT2D eigenvalue weighted by molar-refractivity contribution is 5.12. The Kier molecular flexibility index (Phi) is 4.71. The summed E-state index contributed by atoms with van der Waals surface area (Å²) in [6.07, 6.45) is 2.48. The van der Waals surface area contributed by atoms with Crippen LogP contribution in [0.2, 0.25) is 0 Å². The van der Waals surface area contributed by atoms with Gasteiger partial charge in [-0.2, -0.15) is 0 Å². The molecule has 5 nitrogen and oxygen atoms in total. The fraction of sp³-hybridized carbons (Fsp3) is 0.800. The predicted molar refractivity (Wildman–Crippen MR) is 54.8 cm³/mol. The summed E-state index contributed by atoms with van der Waals surface area (Å²) >= 11 is 0. The molecular formula is C10H17NO4. The Morgan fingerprint density at radius 3 is 2.33 bits per heavy atom. The van der Waals surface area contributed by atoms with E-state index in [2.05, 4.69) is 0 Å². The Hall–Kier alpha value is -0.940. The van der Waals surface area contributed by atoms with Crippen molar-refractivity contribution < 1.29 is 14.4 Å². The van der Waals surface area contributed by atoms with Gasteiger partial charge in [0, 0.05) is 13.2 Å². The Bertz CT molecular complexity index is 242. The molecule has 0 N–H and O–H groups in total. The molecule has 86 valence electrons. The molecule has 1 saturated carbocycles. The average Bonchev–Trinajstić information content (AvgIpc) is 2.97. The lowest BCUT2D eigenvalue weighted by atomic mass is 10.2. The van der Waals surface area contributed by atoms with E-state index in [-0.39, 0.29) is 5.92 Å². The van der Waals surface area contributed by atoms with E-state index in [1.54, 1.807) is 0 Å². The number of rotatable bonds is 7. The first-order valence-corrected chi connectivity index (χ1v) is 5.27. The van der Waals surface area contributed by atoms with E-state index in [0.717, 1.165) is 19.0 Å². The maximum Gasteiger partial charge on any atom is 0.238 e. The third-order valence-corrected chi connectivity index (χ3v) is 2.21. The van der Waals surface area contributed by atoms with Crippen LogP contribution in [0.25, 0.3) is 0 Å². The molecule has 0 aromatic carbocycles. The third kappa shape index (κ3) is 3.97. The molecule has 1 aliphatic rings. The quantitative estimate of drug-likeness (QED) is 0.370. The van der Waals surface area contributed by atoms with Gasteiger partial charge in [0.15, 0.2) is 6.29 Å². The molecular weight excluding hydrogens is 198 g/mol. The number of hydrogen-bond donors (Lipinski definition) is 0. The fourth-order valence-corrected chi connectivity index (χ4v) is 1.44. The molecule has 0 heterocycles. The van der Waals surface area contributed by atoms with Crippen LogP contribution in [0.1, 0.15) is 26.7 Å². The van der Waals surface area contributed by atoms with Crippen LogP contribution in [-0.2, 0) is 9.47 Å². The largest absolute Gasteiger partial charge is 0.349 e. The molecule has 0 aromatic rings. The molecule has 15 heavy (non-hydrogen) atoms. The molecule has 1 rings (SSSR count). The normalized spacial score (nSPS) is 17.1. The minimum absolute atomic E-state index is 0.276. The first kappa shape index (κ1) is 12.1. The summed E-state index contributed by atoms with van der Waals surface area (Å²) in [6.45, 7) is 4.68. The van der Waals surface area contributed by atoms with Crippen LogP contribution < -0.4 is 0 Å². The Labute approximate surface area is 89.2 Å². The van der Waals surface area contributed by atoms with E-state index in [4.69, 9.17) is 9.47 Å². The monoisotopic (exact) mass is 215 g/mol. The molecule has 0 bridgehead atoms. The minimum Gasteiger partial charge on any atom is -0.349 e. The van der Waals surface area contributed by atoms with Gasteiger partial charge in [0.05, 0.1) is 10.5 Å². The van der Waals surface area contributed by atoms with Crippen molar-refractivity contribution in [1.29, 1.82) is 0 Å². The number of ether oxygens (including phenoxy) is 2. The molecule has 5 heteroatoms. The van der Waals surface area contributed by atoms with Gasteiger partial charge in [0.2, 0.25) is 6.20 Å². The first-order valence-electron chi connectivity index (χ1n) is 5.27. The second-order valence-electron chi connectivity index (χ2n) is 3.43. The molecule has 0 saturated heterocycles. The van der Waals surface area contributed by atoms with E-state index >= 15 is 0 Å². The Morgan fingerprint density at radius 1 is 1.47 bits per heavy atom. The zero-order valence-electron chi connectivity index (χ0n) is 9.14. The SMILES string of the molecule is CCOC(OCC)C(=C[N+](=O)[O-])C1CC1. The molecule has 0 radical (unpaired) electrons. The highest BCUT2D eigenvalue weighted by Gasteiger charge is 2.34. The lowest BCUT2D eigenvalue weighted by Crippen LogP contribution is -2.22. The third-order valence-electron chi connectivity index (χ3n) is 2.21. The van der Waals surface area contributed by atoms with Crippen LogP contribution in [0.15, 0.2) is 11.8 Å². The van der Waals surface area contributed by atoms with Gasteiger partial charge in [-0.3, -0.25) is 10.1 Å². The molecule has 1 aliphatic carbocycles. The van der Waals surface area contributed by atoms with Crippen LogP contribution in [-0.4, -0.2) is 24.4 Å². The summed E-state index contributed by atoms with van der Waals surface area (Å²) in [5, 5.41) is 10.5. The van der Waals surface area contributed by atoms with Gasteiger partial charge in [-0.1, -0.05) is 0 Å². The van der Waals surface area contributed by atoms with Gasteiger partial charge in [0.1, 0.15) is 0 Å². The number of hydrogen-bond acceptors (Lipinski definition) is 4. The van der Waals surface area contributed by atoms with Crippen molar-refractivity contribution in [2.24, 2.45) is 5.92 Å². The fourth-order valence-electron chi connectivity index (χ4n) is 1.44. The van der Waals surface area contributed by atoms with Gasteiger partial charge >= 0.3 is 0 Å². The van der Waals surface area contributed by atoms with E-state index in [9.17, 15) is 10.1 Å². The summed E-state index contributed by atoms with van der Waals surface area (Å²) in [5.74, 6) is 0.276. The van der Waals surface area contributed by atoms with Crippen molar-refractivity contribution in [3.8, 4) is 0 Å². The standard InChI is InChI=1S/C10H17NO4/c1-3-14-10(15-4-2)9(7-11(12)13)8-5-6-8/h7-8,10H,3-6H2,1-2H3. The van der Waals surface area contributed by atoms with E-state index < -0.39 is 11.2 Å². The second kappa shape index (κ2) is 5.82. The highest BCUT2D eigenvalue weighted by Crippen LogP contribution is 2.39. The van der Waals surface area contributed by atoms with Crippen molar-refractivity contribution >= 4 is 0 Å². The summed E-state index contributed by atoms with van der Waals surface area (Å²) in [5.41, 5.74) is 0.670. The minimum atomic E-state index is -0.544. The van der Waals surface area contributed by atoms with Crippen LogP contribution in [0.5, 0.6) is 0 Å². The molecule has 0 aromatic heterocycles. The zero-order valence-corrected chi connectivity index (χ0v) is 9.14. The van der Waals surface area contributed by atoms with Crippen LogP contribution in [0.3, 0.4) is 0 Å². The van der Waals surface area contributed by atoms with Crippen LogP contribution in [0.4, 0.5) is 0 Å². The topological polar surface area (TPSA) is 61.6 Å². The highest BCUT2D eigenvalue weighted by atomic mass is 16.7. The van der Waals surface area contributed by atoms with Gasteiger partial charge in [-0.15, -0.1) is 0 Å². The number of nitro groups is 1. The molecule has 0 spiro atoms. The summed E-state index contributed by atoms with van der Waals surface area (Å²) < 4.78 is 10.7. The molecule has 0 unspecified atom stereocenters. The smallest absolute Gasteiger partial charge is 0.238 e. The van der Waals surface area contributed by atoms with Gasteiger partial charge in [-0.25, -0.2) is 0 Å². The average molecular weight is 215 g/mol. The summed E-state index contributed by atoms with van der Waals surface area (Å²) in [6, 6.07) is 0. The maximum atomic E-state index is 10.5. The van der Waals surface area contributed by atoms with E-state index in [1.807, 2.05) is 13.8 Å². The molecule has 0 atom stereocenters. The van der Waals surface area contributed by atoms with Crippen LogP contribution in [0, 0.1) is 16.0 Å². The Balaban J connectivity index is 2.69. The van der Waals surface area contributed by atoms with Gasteiger partial charge in [-0.05, 0) is 32.6 Å².